The maximum Gasteiger partial charge on any atom is 0.321 e. The Morgan fingerprint density at radius 1 is 1.47 bits per heavy atom. The fraction of sp³-hybridized carbons (Fsp3) is 0.875. The minimum atomic E-state index is -3.49. The lowest BCUT2D eigenvalue weighted by molar-refractivity contribution is -0.138. The number of hydrogen-bond acceptors (Lipinski definition) is 4. The van der Waals surface area contributed by atoms with E-state index in [-0.39, 0.29) is 5.75 Å². The third kappa shape index (κ3) is 7.29. The summed E-state index contributed by atoms with van der Waals surface area (Å²) in [5.74, 6) is -1.26. The van der Waals surface area contributed by atoms with E-state index >= 15 is 0 Å². The van der Waals surface area contributed by atoms with Crippen molar-refractivity contribution in [2.24, 2.45) is 0 Å². The maximum atomic E-state index is 11.3. The Kier molecular flexibility index (Phi) is 6.46. The molecule has 2 N–H and O–H groups in total. The second kappa shape index (κ2) is 6.76. The largest absolute Gasteiger partial charge is 0.480 e. The molecular weight excluding hydrogens is 222 g/mol. The molecule has 0 saturated heterocycles. The fourth-order valence-corrected chi connectivity index (χ4v) is 2.26. The summed E-state index contributed by atoms with van der Waals surface area (Å²) in [4.78, 5) is 10.4. The van der Waals surface area contributed by atoms with Gasteiger partial charge in [-0.1, -0.05) is 0 Å². The van der Waals surface area contributed by atoms with E-state index in [9.17, 15) is 13.2 Å². The number of aliphatic carboxylic acids is 1. The average Bonchev–Trinajstić information content (AvgIpc) is 2.11. The first-order valence-corrected chi connectivity index (χ1v) is 6.26. The summed E-state index contributed by atoms with van der Waals surface area (Å²) in [7, 11) is -1.95. The van der Waals surface area contributed by atoms with Gasteiger partial charge in [0.1, 0.15) is 6.04 Å². The number of carbonyl (C=O) groups is 1. The first kappa shape index (κ1) is 14.3. The van der Waals surface area contributed by atoms with Crippen molar-refractivity contribution >= 4 is 16.0 Å². The lowest BCUT2D eigenvalue weighted by atomic mass is 10.4. The summed E-state index contributed by atoms with van der Waals surface area (Å²) in [5.41, 5.74) is 0. The van der Waals surface area contributed by atoms with Gasteiger partial charge in [0.25, 0.3) is 0 Å². The van der Waals surface area contributed by atoms with Crippen molar-refractivity contribution in [1.82, 2.24) is 4.72 Å². The van der Waals surface area contributed by atoms with Gasteiger partial charge >= 0.3 is 5.97 Å². The maximum absolute atomic E-state index is 11.3. The zero-order chi connectivity index (χ0) is 11.9. The highest BCUT2D eigenvalue weighted by molar-refractivity contribution is 7.89. The first-order chi connectivity index (χ1) is 6.89. The molecule has 0 aromatic carbocycles. The number of nitrogens with one attached hydrogen (secondary N) is 1. The van der Waals surface area contributed by atoms with E-state index in [1.165, 1.54) is 6.92 Å². The SMILES string of the molecule is COCCCCS(=O)(=O)N[C@@H](C)C(=O)O. The molecule has 0 fully saturated rings. The van der Waals surface area contributed by atoms with Crippen LogP contribution in [0.5, 0.6) is 0 Å². The molecule has 0 spiro atoms. The number of hydrogen-bond donors (Lipinski definition) is 2. The molecule has 0 aromatic rings. The summed E-state index contributed by atoms with van der Waals surface area (Å²) in [6, 6.07) is -1.09. The van der Waals surface area contributed by atoms with E-state index < -0.39 is 22.0 Å². The lowest BCUT2D eigenvalue weighted by Gasteiger charge is -2.09. The topological polar surface area (TPSA) is 92.7 Å². The Morgan fingerprint density at radius 3 is 2.53 bits per heavy atom. The van der Waals surface area contributed by atoms with Gasteiger partial charge in [0.15, 0.2) is 0 Å². The molecule has 1 atom stereocenters. The van der Waals surface area contributed by atoms with Crippen molar-refractivity contribution in [1.29, 1.82) is 0 Å². The second-order valence-electron chi connectivity index (χ2n) is 3.20. The standard InChI is InChI=1S/C8H17NO5S/c1-7(8(10)11)9-15(12,13)6-4-3-5-14-2/h7,9H,3-6H2,1-2H3,(H,10,11)/t7-/m0/s1. The fourth-order valence-electron chi connectivity index (χ4n) is 0.917. The molecule has 7 heteroatoms. The van der Waals surface area contributed by atoms with Gasteiger partial charge in [-0.25, -0.2) is 13.1 Å². The van der Waals surface area contributed by atoms with Crippen LogP contribution in [0.15, 0.2) is 0 Å². The van der Waals surface area contributed by atoms with Crippen LogP contribution in [0.3, 0.4) is 0 Å². The molecule has 0 heterocycles. The third-order valence-electron chi connectivity index (χ3n) is 1.74. The van der Waals surface area contributed by atoms with Crippen LogP contribution in [0.4, 0.5) is 0 Å². The first-order valence-electron chi connectivity index (χ1n) is 4.61. The zero-order valence-corrected chi connectivity index (χ0v) is 9.71. The van der Waals surface area contributed by atoms with Crippen molar-refractivity contribution in [3.63, 3.8) is 0 Å². The van der Waals surface area contributed by atoms with Gasteiger partial charge in [-0.05, 0) is 19.8 Å². The molecule has 0 radical (unpaired) electrons. The summed E-state index contributed by atoms with van der Waals surface area (Å²) >= 11 is 0. The van der Waals surface area contributed by atoms with Gasteiger partial charge in [-0.15, -0.1) is 0 Å². The van der Waals surface area contributed by atoms with Crippen LogP contribution < -0.4 is 4.72 Å². The molecule has 0 aromatic heterocycles. The van der Waals surface area contributed by atoms with Gasteiger partial charge in [0.05, 0.1) is 5.75 Å². The van der Waals surface area contributed by atoms with Gasteiger partial charge in [0.2, 0.25) is 10.0 Å². The van der Waals surface area contributed by atoms with E-state index in [1.807, 2.05) is 0 Å². The second-order valence-corrected chi connectivity index (χ2v) is 5.07. The highest BCUT2D eigenvalue weighted by Crippen LogP contribution is 1.96. The highest BCUT2D eigenvalue weighted by atomic mass is 32.2. The van der Waals surface area contributed by atoms with E-state index in [0.29, 0.717) is 19.4 Å². The average molecular weight is 239 g/mol. The minimum Gasteiger partial charge on any atom is -0.480 e. The summed E-state index contributed by atoms with van der Waals surface area (Å²) in [6.07, 6.45) is 1.09. The van der Waals surface area contributed by atoms with Crippen LogP contribution in [0, 0.1) is 0 Å². The number of unbranched alkanes of at least 4 members (excludes halogenated alkanes) is 1. The van der Waals surface area contributed by atoms with Crippen molar-refractivity contribution in [3.05, 3.63) is 0 Å². The molecule has 0 unspecified atom stereocenters. The minimum absolute atomic E-state index is 0.0754. The van der Waals surface area contributed by atoms with E-state index in [4.69, 9.17) is 9.84 Å². The normalized spacial score (nSPS) is 13.7. The van der Waals surface area contributed by atoms with Gasteiger partial charge in [-0.2, -0.15) is 0 Å². The highest BCUT2D eigenvalue weighted by Gasteiger charge is 2.18. The van der Waals surface area contributed by atoms with E-state index in [2.05, 4.69) is 4.72 Å². The molecule has 0 aliphatic rings. The molecule has 15 heavy (non-hydrogen) atoms. The molecular formula is C8H17NO5S. The molecule has 0 rings (SSSR count). The molecule has 6 nitrogen and oxygen atoms in total. The molecule has 0 bridgehead atoms. The predicted octanol–water partition coefficient (Wildman–Crippen LogP) is -0.194. The summed E-state index contributed by atoms with van der Waals surface area (Å²) < 4.78 is 29.4. The van der Waals surface area contributed by atoms with Gasteiger partial charge in [0, 0.05) is 13.7 Å². The van der Waals surface area contributed by atoms with Crippen LogP contribution in [0.1, 0.15) is 19.8 Å². The van der Waals surface area contributed by atoms with Crippen LogP contribution in [-0.2, 0) is 19.6 Å². The summed E-state index contributed by atoms with van der Waals surface area (Å²) in [6.45, 7) is 1.79. The molecule has 0 aliphatic heterocycles. The van der Waals surface area contributed by atoms with Gasteiger partial charge in [-0.3, -0.25) is 4.79 Å². The Bertz CT molecular complexity index is 287. The van der Waals surface area contributed by atoms with Gasteiger partial charge < -0.3 is 9.84 Å². The molecule has 0 saturated carbocycles. The smallest absolute Gasteiger partial charge is 0.321 e. The van der Waals surface area contributed by atoms with Crippen molar-refractivity contribution in [3.8, 4) is 0 Å². The monoisotopic (exact) mass is 239 g/mol. The molecule has 0 aliphatic carbocycles. The Morgan fingerprint density at radius 2 is 2.07 bits per heavy atom. The molecule has 0 amide bonds. The van der Waals surface area contributed by atoms with Crippen molar-refractivity contribution < 1.29 is 23.1 Å². The number of ether oxygens (including phenoxy) is 1. The Balaban J connectivity index is 3.92. The number of sulfonamides is 1. The van der Waals surface area contributed by atoms with Crippen LogP contribution >= 0.6 is 0 Å². The van der Waals surface area contributed by atoms with Crippen molar-refractivity contribution in [2.75, 3.05) is 19.5 Å². The zero-order valence-electron chi connectivity index (χ0n) is 8.89. The van der Waals surface area contributed by atoms with E-state index in [0.717, 1.165) is 0 Å². The number of carboxylic acid groups (broad SMARTS) is 1. The Hall–Kier alpha value is -0.660. The number of rotatable bonds is 8. The molecule has 90 valence electrons. The van der Waals surface area contributed by atoms with Crippen LogP contribution in [0.25, 0.3) is 0 Å². The lowest BCUT2D eigenvalue weighted by Crippen LogP contribution is -2.39. The Labute approximate surface area is 89.7 Å². The van der Waals surface area contributed by atoms with E-state index in [1.54, 1.807) is 7.11 Å². The summed E-state index contributed by atoms with van der Waals surface area (Å²) in [5, 5.41) is 8.51. The van der Waals surface area contributed by atoms with Crippen molar-refractivity contribution in [2.45, 2.75) is 25.8 Å². The van der Waals surface area contributed by atoms with Crippen LogP contribution in [0.2, 0.25) is 0 Å². The predicted molar refractivity (Wildman–Crippen MR) is 55.1 cm³/mol. The quantitative estimate of drug-likeness (QED) is 0.572. The van der Waals surface area contributed by atoms with Crippen LogP contribution in [-0.4, -0.2) is 45.0 Å². The number of methoxy groups -OCH3 is 1. The number of carboxylic acids is 1. The third-order valence-corrected chi connectivity index (χ3v) is 3.28.